The highest BCUT2D eigenvalue weighted by Gasteiger charge is 2.40. The fourth-order valence-electron chi connectivity index (χ4n) is 6.13. The third kappa shape index (κ3) is 8.78. The van der Waals surface area contributed by atoms with Crippen LogP contribution in [-0.2, 0) is 6.54 Å². The number of nitrogens with zero attached hydrogens (tertiary/aromatic N) is 2. The van der Waals surface area contributed by atoms with Gasteiger partial charge in [-0.25, -0.2) is 0 Å². The van der Waals surface area contributed by atoms with E-state index in [1.807, 2.05) is 0 Å². The molecule has 2 aliphatic heterocycles. The predicted molar refractivity (Wildman–Crippen MR) is 167 cm³/mol. The van der Waals surface area contributed by atoms with Gasteiger partial charge in [0.05, 0.1) is 0 Å². The van der Waals surface area contributed by atoms with Gasteiger partial charge in [-0.15, -0.1) is 26.3 Å². The topological polar surface area (TPSA) is 18.5 Å². The van der Waals surface area contributed by atoms with E-state index in [0.29, 0.717) is 18.1 Å². The fourth-order valence-corrected chi connectivity index (χ4v) is 6.26. The molecular formula is C34H48ClN3. The monoisotopic (exact) mass is 533 g/mol. The van der Waals surface area contributed by atoms with Crippen molar-refractivity contribution in [3.63, 3.8) is 0 Å². The van der Waals surface area contributed by atoms with Crippen molar-refractivity contribution in [1.29, 1.82) is 0 Å². The number of nitrogens with one attached hydrogen (secondary N) is 1. The zero-order chi connectivity index (χ0) is 27.3. The molecule has 0 radical (unpaired) electrons. The molecule has 0 aromatic heterocycles. The summed E-state index contributed by atoms with van der Waals surface area (Å²) in [6, 6.07) is 21.3. The minimum atomic E-state index is 0.567. The van der Waals surface area contributed by atoms with Crippen LogP contribution in [0.15, 0.2) is 93.2 Å². The van der Waals surface area contributed by atoms with Crippen molar-refractivity contribution in [2.24, 2.45) is 5.92 Å². The summed E-state index contributed by atoms with van der Waals surface area (Å²) in [5.41, 5.74) is 4.00. The molecule has 1 N–H and O–H groups in total. The average molecular weight is 534 g/mol. The van der Waals surface area contributed by atoms with Gasteiger partial charge in [-0.3, -0.25) is 4.90 Å². The number of hydrogen-bond donors (Lipinski definition) is 1. The van der Waals surface area contributed by atoms with E-state index in [2.05, 4.69) is 103 Å². The van der Waals surface area contributed by atoms with Crippen LogP contribution >= 0.6 is 11.6 Å². The Hall–Kier alpha value is -2.49. The van der Waals surface area contributed by atoms with Crippen molar-refractivity contribution in [2.75, 3.05) is 18.0 Å². The summed E-state index contributed by atoms with van der Waals surface area (Å²) in [6.45, 7) is 19.8. The van der Waals surface area contributed by atoms with Crippen LogP contribution in [0.1, 0.15) is 63.4 Å². The molecule has 2 atom stereocenters. The van der Waals surface area contributed by atoms with Crippen LogP contribution in [0, 0.1) is 5.92 Å². The lowest BCUT2D eigenvalue weighted by Gasteiger charge is -2.45. The first-order valence-electron chi connectivity index (χ1n) is 14.4. The van der Waals surface area contributed by atoms with Crippen LogP contribution < -0.4 is 10.2 Å². The predicted octanol–water partition coefficient (Wildman–Crippen LogP) is 8.63. The van der Waals surface area contributed by atoms with Crippen molar-refractivity contribution >= 4 is 17.3 Å². The van der Waals surface area contributed by atoms with Crippen molar-refractivity contribution in [2.45, 2.75) is 82.5 Å². The quantitative estimate of drug-likeness (QED) is 0.325. The highest BCUT2D eigenvalue weighted by atomic mass is 35.5. The summed E-state index contributed by atoms with van der Waals surface area (Å²) in [5, 5.41) is 4.62. The minimum Gasteiger partial charge on any atom is -0.386 e. The maximum absolute atomic E-state index is 6.20. The van der Waals surface area contributed by atoms with Crippen molar-refractivity contribution in [1.82, 2.24) is 10.2 Å². The van der Waals surface area contributed by atoms with Crippen molar-refractivity contribution < 1.29 is 0 Å². The lowest BCUT2D eigenvalue weighted by molar-refractivity contribution is 0.194. The summed E-state index contributed by atoms with van der Waals surface area (Å²) in [7, 11) is 0. The van der Waals surface area contributed by atoms with E-state index >= 15 is 0 Å². The summed E-state index contributed by atoms with van der Waals surface area (Å²) >= 11 is 6.20. The SMILES string of the molecule is C=C.C=C.C=C(CCC1CCCC(C2CC2)N1c1ccc(Cl)cc1)NC1CCN(Cc2ccccc2)CC1. The maximum Gasteiger partial charge on any atom is 0.0407 e. The molecule has 3 aliphatic rings. The molecule has 0 amide bonds. The Morgan fingerprint density at radius 1 is 0.842 bits per heavy atom. The number of piperidine rings is 2. The van der Waals surface area contributed by atoms with E-state index < -0.39 is 0 Å². The number of allylic oxidation sites excluding steroid dienone is 1. The zero-order valence-electron chi connectivity index (χ0n) is 23.3. The van der Waals surface area contributed by atoms with E-state index in [4.69, 9.17) is 11.6 Å². The number of benzene rings is 2. The van der Waals surface area contributed by atoms with Gasteiger partial charge in [-0.2, -0.15) is 0 Å². The smallest absolute Gasteiger partial charge is 0.0407 e. The van der Waals surface area contributed by atoms with E-state index in [9.17, 15) is 0 Å². The number of hydrogen-bond acceptors (Lipinski definition) is 3. The van der Waals surface area contributed by atoms with Gasteiger partial charge in [0.25, 0.3) is 0 Å². The summed E-state index contributed by atoms with van der Waals surface area (Å²) in [4.78, 5) is 5.34. The third-order valence-corrected chi connectivity index (χ3v) is 8.36. The molecule has 206 valence electrons. The molecule has 38 heavy (non-hydrogen) atoms. The summed E-state index contributed by atoms with van der Waals surface area (Å²) < 4.78 is 0. The number of anilines is 1. The number of likely N-dealkylation sites (tertiary alicyclic amines) is 1. The third-order valence-electron chi connectivity index (χ3n) is 8.10. The number of halogens is 1. The second kappa shape index (κ2) is 15.8. The zero-order valence-corrected chi connectivity index (χ0v) is 24.1. The summed E-state index contributed by atoms with van der Waals surface area (Å²) in [5.74, 6) is 0.890. The van der Waals surface area contributed by atoms with Crippen molar-refractivity contribution in [3.8, 4) is 0 Å². The lowest BCUT2D eigenvalue weighted by Crippen LogP contribution is -2.48. The Labute approximate surface area is 237 Å². The van der Waals surface area contributed by atoms with E-state index in [1.165, 1.54) is 68.3 Å². The van der Waals surface area contributed by atoms with Crippen LogP contribution in [0.2, 0.25) is 5.02 Å². The van der Waals surface area contributed by atoms with Gasteiger partial charge in [-0.1, -0.05) is 48.5 Å². The number of rotatable bonds is 9. The fraction of sp³-hybridized carbons (Fsp3) is 0.471. The highest BCUT2D eigenvalue weighted by molar-refractivity contribution is 6.30. The molecule has 2 heterocycles. The van der Waals surface area contributed by atoms with Crippen LogP contribution in [0.4, 0.5) is 5.69 Å². The standard InChI is InChI=1S/C30H40ClN3.2C2H4/c1-23(32-27-18-20-33(21-19-27)22-24-6-3-2-4-7-24)10-15-28-8-5-9-30(25-11-12-25)34(28)29-16-13-26(31)14-17-29;2*1-2/h2-4,6-7,13-14,16-17,25,27-28,30,32H,1,5,8-12,15,18-22H2;2*1-2H2. The molecule has 2 aromatic carbocycles. The Morgan fingerprint density at radius 2 is 1.50 bits per heavy atom. The summed E-state index contributed by atoms with van der Waals surface area (Å²) in [6.07, 6.45) is 11.4. The molecule has 2 unspecified atom stereocenters. The minimum absolute atomic E-state index is 0.567. The molecule has 3 fully saturated rings. The van der Waals surface area contributed by atoms with E-state index in [-0.39, 0.29) is 0 Å². The van der Waals surface area contributed by atoms with E-state index in [0.717, 1.165) is 37.0 Å². The second-order valence-electron chi connectivity index (χ2n) is 10.7. The molecule has 1 saturated carbocycles. The van der Waals surface area contributed by atoms with Gasteiger partial charge in [0, 0.05) is 54.2 Å². The Kier molecular flexibility index (Phi) is 12.5. The van der Waals surface area contributed by atoms with Crippen LogP contribution in [0.5, 0.6) is 0 Å². The molecule has 2 aromatic rings. The Bertz CT molecular complexity index is 945. The van der Waals surface area contributed by atoms with Gasteiger partial charge in [-0.05, 0) is 93.5 Å². The molecule has 5 rings (SSSR count). The molecular weight excluding hydrogens is 486 g/mol. The first kappa shape index (κ1) is 30.1. The van der Waals surface area contributed by atoms with Gasteiger partial charge >= 0.3 is 0 Å². The normalized spacial score (nSPS) is 21.9. The van der Waals surface area contributed by atoms with Gasteiger partial charge in [0.2, 0.25) is 0 Å². The molecule has 0 spiro atoms. The largest absolute Gasteiger partial charge is 0.386 e. The van der Waals surface area contributed by atoms with Gasteiger partial charge in [0.15, 0.2) is 0 Å². The van der Waals surface area contributed by atoms with Crippen molar-refractivity contribution in [3.05, 3.63) is 104 Å². The second-order valence-corrected chi connectivity index (χ2v) is 11.1. The van der Waals surface area contributed by atoms with Crippen LogP contribution in [-0.4, -0.2) is 36.1 Å². The lowest BCUT2D eigenvalue weighted by atomic mass is 9.89. The van der Waals surface area contributed by atoms with E-state index in [1.54, 1.807) is 0 Å². The molecule has 0 bridgehead atoms. The maximum atomic E-state index is 6.20. The van der Waals surface area contributed by atoms with Gasteiger partial charge in [0.1, 0.15) is 0 Å². The average Bonchev–Trinajstić information content (AvgIpc) is 3.82. The first-order valence-corrected chi connectivity index (χ1v) is 14.8. The highest BCUT2D eigenvalue weighted by Crippen LogP contribution is 2.44. The Morgan fingerprint density at radius 3 is 2.13 bits per heavy atom. The molecule has 1 aliphatic carbocycles. The molecule has 4 heteroatoms. The van der Waals surface area contributed by atoms with Crippen LogP contribution in [0.25, 0.3) is 0 Å². The van der Waals surface area contributed by atoms with Gasteiger partial charge < -0.3 is 10.2 Å². The van der Waals surface area contributed by atoms with Crippen LogP contribution in [0.3, 0.4) is 0 Å². The molecule has 2 saturated heterocycles. The first-order chi connectivity index (χ1) is 18.7. The molecule has 3 nitrogen and oxygen atoms in total. The Balaban J connectivity index is 0.000000956.